The van der Waals surface area contributed by atoms with Gasteiger partial charge in [0.05, 0.1) is 5.54 Å². The van der Waals surface area contributed by atoms with Crippen molar-refractivity contribution >= 4 is 6.09 Å². The van der Waals surface area contributed by atoms with Crippen molar-refractivity contribution in [1.82, 2.24) is 14.8 Å². The number of nitrogens with zero attached hydrogens (tertiary/aromatic N) is 2. The molecule has 2 fully saturated rings. The lowest BCUT2D eigenvalue weighted by atomic mass is 9.77. The topological polar surface area (TPSA) is 57.5 Å². The van der Waals surface area contributed by atoms with Crippen molar-refractivity contribution in [3.8, 4) is 0 Å². The van der Waals surface area contributed by atoms with Crippen LogP contribution in [-0.4, -0.2) is 39.8 Å². The van der Waals surface area contributed by atoms with Gasteiger partial charge >= 0.3 is 6.09 Å². The first-order valence-electron chi connectivity index (χ1n) is 8.12. The minimum atomic E-state index is -0.786. The average Bonchev–Trinajstić information content (AvgIpc) is 2.99. The van der Waals surface area contributed by atoms with Gasteiger partial charge in [0, 0.05) is 37.1 Å². The van der Waals surface area contributed by atoms with E-state index in [2.05, 4.69) is 28.2 Å². The Morgan fingerprint density at radius 1 is 1.29 bits per heavy atom. The molecule has 114 valence electrons. The van der Waals surface area contributed by atoms with Crippen LogP contribution in [-0.2, 0) is 5.54 Å². The van der Waals surface area contributed by atoms with Crippen molar-refractivity contribution in [1.29, 1.82) is 0 Å². The summed E-state index contributed by atoms with van der Waals surface area (Å²) in [6.07, 6.45) is 8.33. The van der Waals surface area contributed by atoms with Gasteiger partial charge in [0.15, 0.2) is 0 Å². The lowest BCUT2D eigenvalue weighted by Crippen LogP contribution is -2.61. The molecule has 0 radical (unpaired) electrons. The number of aromatic nitrogens is 1. The van der Waals surface area contributed by atoms with Crippen molar-refractivity contribution in [3.05, 3.63) is 24.0 Å². The molecule has 1 aromatic heterocycles. The van der Waals surface area contributed by atoms with E-state index in [0.29, 0.717) is 25.2 Å². The van der Waals surface area contributed by atoms with Crippen LogP contribution in [0.3, 0.4) is 0 Å². The Morgan fingerprint density at radius 2 is 2.05 bits per heavy atom. The molecule has 1 aromatic rings. The molecule has 5 nitrogen and oxygen atoms in total. The molecule has 0 aromatic carbocycles. The number of carbonyl (C=O) groups is 1. The first-order valence-corrected chi connectivity index (χ1v) is 8.12. The predicted molar refractivity (Wildman–Crippen MR) is 79.4 cm³/mol. The van der Waals surface area contributed by atoms with E-state index in [1.165, 1.54) is 31.4 Å². The maximum absolute atomic E-state index is 11.1. The van der Waals surface area contributed by atoms with Crippen LogP contribution in [0.15, 0.2) is 18.3 Å². The Kier molecular flexibility index (Phi) is 2.99. The summed E-state index contributed by atoms with van der Waals surface area (Å²) in [5, 5.41) is 13.1. The lowest BCUT2D eigenvalue weighted by molar-refractivity contribution is 0.0687. The van der Waals surface area contributed by atoms with Crippen LogP contribution in [0.2, 0.25) is 0 Å². The molecule has 2 unspecified atom stereocenters. The zero-order valence-corrected chi connectivity index (χ0v) is 12.3. The second kappa shape index (κ2) is 4.77. The molecule has 2 atom stereocenters. The lowest BCUT2D eigenvalue weighted by Gasteiger charge is -2.51. The molecule has 1 spiro atoms. The average molecular weight is 289 g/mol. The second-order valence-electron chi connectivity index (χ2n) is 6.76. The standard InChI is InChI=1S/C16H23N3O2/c20-15(21)18-10-7-16(8-11-18)14-6-3-9-19(14)13-5-2-1-4-12(13)17-16/h3,6,9,12-13,17H,1-2,4-5,7-8,10-11H2,(H,20,21). The third-order valence-electron chi connectivity index (χ3n) is 5.71. The Labute approximate surface area is 124 Å². The molecule has 2 N–H and O–H groups in total. The molecule has 1 amide bonds. The molecule has 1 saturated carbocycles. The summed E-state index contributed by atoms with van der Waals surface area (Å²) in [4.78, 5) is 12.7. The van der Waals surface area contributed by atoms with Gasteiger partial charge in [0.25, 0.3) is 0 Å². The van der Waals surface area contributed by atoms with Crippen LogP contribution >= 0.6 is 0 Å². The summed E-state index contributed by atoms with van der Waals surface area (Å²) in [5.41, 5.74) is 1.35. The highest BCUT2D eigenvalue weighted by Gasteiger charge is 2.46. The van der Waals surface area contributed by atoms with Crippen molar-refractivity contribution in [2.24, 2.45) is 0 Å². The molecular weight excluding hydrogens is 266 g/mol. The van der Waals surface area contributed by atoms with Crippen LogP contribution in [0, 0.1) is 0 Å². The fraction of sp³-hybridized carbons (Fsp3) is 0.688. The van der Waals surface area contributed by atoms with E-state index in [4.69, 9.17) is 5.11 Å². The van der Waals surface area contributed by atoms with Crippen LogP contribution in [0.5, 0.6) is 0 Å². The second-order valence-corrected chi connectivity index (χ2v) is 6.76. The van der Waals surface area contributed by atoms with Crippen molar-refractivity contribution in [2.75, 3.05) is 13.1 Å². The summed E-state index contributed by atoms with van der Waals surface area (Å²) in [7, 11) is 0. The number of likely N-dealkylation sites (tertiary alicyclic amines) is 1. The number of hydrogen-bond donors (Lipinski definition) is 2. The largest absolute Gasteiger partial charge is 0.465 e. The van der Waals surface area contributed by atoms with Gasteiger partial charge in [-0.25, -0.2) is 4.79 Å². The number of piperidine rings is 1. The zero-order valence-electron chi connectivity index (χ0n) is 12.3. The SMILES string of the molecule is O=C(O)N1CCC2(CC1)NC1CCCCC1n1cccc12. The number of rotatable bonds is 0. The summed E-state index contributed by atoms with van der Waals surface area (Å²) in [6, 6.07) is 5.52. The Morgan fingerprint density at radius 3 is 2.81 bits per heavy atom. The first-order chi connectivity index (χ1) is 10.2. The minimum absolute atomic E-state index is 0.0199. The summed E-state index contributed by atoms with van der Waals surface area (Å²) in [6.45, 7) is 1.26. The van der Waals surface area contributed by atoms with Gasteiger partial charge in [0.2, 0.25) is 0 Å². The molecule has 2 aliphatic heterocycles. The Balaban J connectivity index is 1.66. The highest BCUT2D eigenvalue weighted by Crippen LogP contribution is 2.43. The summed E-state index contributed by atoms with van der Waals surface area (Å²) in [5.74, 6) is 0. The van der Waals surface area contributed by atoms with Gasteiger partial charge in [-0.2, -0.15) is 0 Å². The highest BCUT2D eigenvalue weighted by atomic mass is 16.4. The Hall–Kier alpha value is -1.49. The third kappa shape index (κ3) is 1.98. The van der Waals surface area contributed by atoms with Crippen LogP contribution in [0.4, 0.5) is 4.79 Å². The smallest absolute Gasteiger partial charge is 0.407 e. The molecular formula is C16H23N3O2. The number of hydrogen-bond acceptors (Lipinski definition) is 2. The Bertz CT molecular complexity index is 545. The van der Waals surface area contributed by atoms with Gasteiger partial charge < -0.3 is 19.9 Å². The quantitative estimate of drug-likeness (QED) is 0.771. The third-order valence-corrected chi connectivity index (χ3v) is 5.71. The first kappa shape index (κ1) is 13.2. The minimum Gasteiger partial charge on any atom is -0.465 e. The van der Waals surface area contributed by atoms with E-state index >= 15 is 0 Å². The summed E-state index contributed by atoms with van der Waals surface area (Å²) < 4.78 is 2.48. The van der Waals surface area contributed by atoms with E-state index in [9.17, 15) is 4.79 Å². The van der Waals surface area contributed by atoms with E-state index in [0.717, 1.165) is 12.8 Å². The molecule has 3 aliphatic rings. The van der Waals surface area contributed by atoms with Crippen LogP contribution < -0.4 is 5.32 Å². The maximum atomic E-state index is 11.1. The fourth-order valence-electron chi connectivity index (χ4n) is 4.61. The van der Waals surface area contributed by atoms with Gasteiger partial charge in [-0.15, -0.1) is 0 Å². The van der Waals surface area contributed by atoms with Gasteiger partial charge in [-0.05, 0) is 37.8 Å². The van der Waals surface area contributed by atoms with Gasteiger partial charge in [-0.1, -0.05) is 12.8 Å². The van der Waals surface area contributed by atoms with Crippen molar-refractivity contribution in [2.45, 2.75) is 56.1 Å². The van der Waals surface area contributed by atoms with Gasteiger partial charge in [0.1, 0.15) is 0 Å². The van der Waals surface area contributed by atoms with E-state index in [1.807, 2.05) is 0 Å². The zero-order chi connectivity index (χ0) is 14.4. The molecule has 5 heteroatoms. The summed E-state index contributed by atoms with van der Waals surface area (Å²) >= 11 is 0. The van der Waals surface area contributed by atoms with Crippen LogP contribution in [0.25, 0.3) is 0 Å². The number of amides is 1. The maximum Gasteiger partial charge on any atom is 0.407 e. The molecule has 4 rings (SSSR count). The van der Waals surface area contributed by atoms with E-state index in [1.54, 1.807) is 4.90 Å². The molecule has 1 aliphatic carbocycles. The van der Waals surface area contributed by atoms with E-state index in [-0.39, 0.29) is 5.54 Å². The number of fused-ring (bicyclic) bond motifs is 4. The monoisotopic (exact) mass is 289 g/mol. The van der Waals surface area contributed by atoms with Crippen molar-refractivity contribution < 1.29 is 9.90 Å². The van der Waals surface area contributed by atoms with Crippen molar-refractivity contribution in [3.63, 3.8) is 0 Å². The van der Waals surface area contributed by atoms with Gasteiger partial charge in [-0.3, -0.25) is 0 Å². The highest BCUT2D eigenvalue weighted by molar-refractivity contribution is 5.65. The molecule has 21 heavy (non-hydrogen) atoms. The molecule has 0 bridgehead atoms. The van der Waals surface area contributed by atoms with E-state index < -0.39 is 6.09 Å². The normalized spacial score (nSPS) is 30.8. The number of carboxylic acid groups (broad SMARTS) is 1. The molecule has 1 saturated heterocycles. The molecule has 3 heterocycles. The number of nitrogens with one attached hydrogen (secondary N) is 1. The predicted octanol–water partition coefficient (Wildman–Crippen LogP) is 2.54. The fourth-order valence-corrected chi connectivity index (χ4v) is 4.61. The van der Waals surface area contributed by atoms with Crippen LogP contribution in [0.1, 0.15) is 50.3 Å².